The van der Waals surface area contributed by atoms with Crippen LogP contribution in [0.5, 0.6) is 0 Å². The molecule has 0 atom stereocenters. The van der Waals surface area contributed by atoms with E-state index in [1.165, 1.54) is 30.4 Å². The van der Waals surface area contributed by atoms with E-state index in [-0.39, 0.29) is 5.97 Å². The Balaban J connectivity index is 1.89. The van der Waals surface area contributed by atoms with Crippen LogP contribution >= 0.6 is 23.6 Å². The Kier molecular flexibility index (Phi) is 7.30. The van der Waals surface area contributed by atoms with E-state index in [4.69, 9.17) is 17.0 Å². The molecule has 4 nitrogen and oxygen atoms in total. The van der Waals surface area contributed by atoms with Crippen LogP contribution in [0.15, 0.2) is 18.2 Å². The quantitative estimate of drug-likeness (QED) is 0.432. The summed E-state index contributed by atoms with van der Waals surface area (Å²) in [6, 6.07) is 6.27. The lowest BCUT2D eigenvalue weighted by Gasteiger charge is -2.18. The Morgan fingerprint density at radius 2 is 1.86 bits per heavy atom. The van der Waals surface area contributed by atoms with Crippen molar-refractivity contribution in [3.05, 3.63) is 45.3 Å². The van der Waals surface area contributed by atoms with Crippen molar-refractivity contribution < 1.29 is 9.53 Å². The molecule has 0 aliphatic heterocycles. The number of aryl methyl sites for hydroxylation is 2. The van der Waals surface area contributed by atoms with Crippen molar-refractivity contribution in [2.45, 2.75) is 65.2 Å². The third-order valence-electron chi connectivity index (χ3n) is 5.45. The minimum atomic E-state index is -0.285. The number of hydrogen-bond acceptors (Lipinski definition) is 4. The molecule has 1 aromatic heterocycles. The third kappa shape index (κ3) is 4.98. The van der Waals surface area contributed by atoms with Crippen molar-refractivity contribution in [1.82, 2.24) is 0 Å². The van der Waals surface area contributed by atoms with E-state index >= 15 is 0 Å². The van der Waals surface area contributed by atoms with Gasteiger partial charge in [-0.05, 0) is 67.4 Å². The van der Waals surface area contributed by atoms with Gasteiger partial charge in [-0.15, -0.1) is 11.3 Å². The van der Waals surface area contributed by atoms with Gasteiger partial charge in [-0.25, -0.2) is 4.79 Å². The molecule has 2 aromatic rings. The Morgan fingerprint density at radius 1 is 1.14 bits per heavy atom. The maximum Gasteiger partial charge on any atom is 0.341 e. The topological polar surface area (TPSA) is 50.4 Å². The van der Waals surface area contributed by atoms with Crippen molar-refractivity contribution >= 4 is 45.3 Å². The number of carbonyl (C=O) groups is 1. The van der Waals surface area contributed by atoms with Gasteiger partial charge in [0.2, 0.25) is 0 Å². The molecule has 3 rings (SSSR count). The lowest BCUT2D eigenvalue weighted by Crippen LogP contribution is -2.21. The molecule has 0 bridgehead atoms. The number of carbonyl (C=O) groups excluding carboxylic acids is 1. The predicted molar refractivity (Wildman–Crippen MR) is 127 cm³/mol. The normalized spacial score (nSPS) is 14.0. The van der Waals surface area contributed by atoms with Gasteiger partial charge in [0, 0.05) is 10.6 Å². The molecule has 0 saturated heterocycles. The first kappa shape index (κ1) is 21.8. The summed E-state index contributed by atoms with van der Waals surface area (Å²) in [4.78, 5) is 13.9. The number of hydrogen-bond donors (Lipinski definition) is 2. The number of rotatable bonds is 4. The Hall–Kier alpha value is -1.92. The standard InChI is InChI=1S/C23H30N2O2S2/c1-14(2)16-12-9-10-15(3)20(16)24-23(28)25-21-19(22(26)27-4)17-11-7-5-6-8-13-18(17)29-21/h9-10,12,14H,5-8,11,13H2,1-4H3,(H2,24,25,28). The van der Waals surface area contributed by atoms with Crippen LogP contribution in [-0.4, -0.2) is 18.2 Å². The molecule has 0 radical (unpaired) electrons. The van der Waals surface area contributed by atoms with Gasteiger partial charge in [0.1, 0.15) is 5.00 Å². The third-order valence-corrected chi connectivity index (χ3v) is 6.86. The molecule has 1 aliphatic carbocycles. The fraction of sp³-hybridized carbons (Fsp3) is 0.478. The maximum absolute atomic E-state index is 12.6. The number of benzene rings is 1. The lowest BCUT2D eigenvalue weighted by molar-refractivity contribution is 0.0601. The van der Waals surface area contributed by atoms with E-state index in [0.29, 0.717) is 16.6 Å². The minimum Gasteiger partial charge on any atom is -0.465 e. The summed E-state index contributed by atoms with van der Waals surface area (Å²) in [5.41, 5.74) is 5.21. The first-order valence-electron chi connectivity index (χ1n) is 10.3. The van der Waals surface area contributed by atoms with Crippen LogP contribution in [0.4, 0.5) is 10.7 Å². The van der Waals surface area contributed by atoms with Gasteiger partial charge in [0.05, 0.1) is 12.7 Å². The van der Waals surface area contributed by atoms with Gasteiger partial charge in [-0.2, -0.15) is 0 Å². The Labute approximate surface area is 183 Å². The molecule has 1 aromatic carbocycles. The Bertz CT molecular complexity index is 903. The molecular weight excluding hydrogens is 400 g/mol. The summed E-state index contributed by atoms with van der Waals surface area (Å²) in [6.07, 6.45) is 6.67. The average molecular weight is 431 g/mol. The SMILES string of the molecule is COC(=O)c1c(NC(=S)Nc2c(C)cccc2C(C)C)sc2c1CCCCCC2. The summed E-state index contributed by atoms with van der Waals surface area (Å²) >= 11 is 7.28. The van der Waals surface area contributed by atoms with Crippen LogP contribution in [0.2, 0.25) is 0 Å². The zero-order valence-corrected chi connectivity index (χ0v) is 19.3. The van der Waals surface area contributed by atoms with Crippen LogP contribution in [0.1, 0.15) is 77.4 Å². The zero-order chi connectivity index (χ0) is 21.0. The molecule has 156 valence electrons. The fourth-order valence-corrected chi connectivity index (χ4v) is 5.47. The van der Waals surface area contributed by atoms with Gasteiger partial charge < -0.3 is 15.4 Å². The van der Waals surface area contributed by atoms with Crippen molar-refractivity contribution in [3.63, 3.8) is 0 Å². The molecule has 0 fully saturated rings. The highest BCUT2D eigenvalue weighted by molar-refractivity contribution is 7.80. The number of nitrogens with one attached hydrogen (secondary N) is 2. The van der Waals surface area contributed by atoms with Gasteiger partial charge in [0.25, 0.3) is 0 Å². The summed E-state index contributed by atoms with van der Waals surface area (Å²) in [7, 11) is 1.44. The van der Waals surface area contributed by atoms with Crippen molar-refractivity contribution in [3.8, 4) is 0 Å². The second kappa shape index (κ2) is 9.72. The number of para-hydroxylation sites is 1. The number of fused-ring (bicyclic) bond motifs is 1. The van der Waals surface area contributed by atoms with Crippen LogP contribution in [0, 0.1) is 6.92 Å². The minimum absolute atomic E-state index is 0.285. The number of anilines is 2. The molecular formula is C23H30N2O2S2. The van der Waals surface area contributed by atoms with Crippen LogP contribution in [-0.2, 0) is 17.6 Å². The fourth-order valence-electron chi connectivity index (χ4n) is 3.92. The summed E-state index contributed by atoms with van der Waals surface area (Å²) in [5.74, 6) is 0.0968. The maximum atomic E-state index is 12.6. The highest BCUT2D eigenvalue weighted by Gasteiger charge is 2.25. The molecule has 6 heteroatoms. The van der Waals surface area contributed by atoms with E-state index < -0.39 is 0 Å². The molecule has 2 N–H and O–H groups in total. The summed E-state index contributed by atoms with van der Waals surface area (Å²) in [5, 5.41) is 7.97. The molecule has 0 unspecified atom stereocenters. The molecule has 29 heavy (non-hydrogen) atoms. The van der Waals surface area contributed by atoms with Gasteiger partial charge >= 0.3 is 5.97 Å². The smallest absolute Gasteiger partial charge is 0.341 e. The van der Waals surface area contributed by atoms with Gasteiger partial charge in [0.15, 0.2) is 5.11 Å². The number of esters is 1. The second-order valence-electron chi connectivity index (χ2n) is 7.89. The highest BCUT2D eigenvalue weighted by Crippen LogP contribution is 2.38. The largest absolute Gasteiger partial charge is 0.465 e. The molecule has 1 aliphatic rings. The van der Waals surface area contributed by atoms with Crippen LogP contribution < -0.4 is 10.6 Å². The van der Waals surface area contributed by atoms with E-state index in [2.05, 4.69) is 49.6 Å². The van der Waals surface area contributed by atoms with Crippen LogP contribution in [0.3, 0.4) is 0 Å². The van der Waals surface area contributed by atoms with E-state index in [1.54, 1.807) is 11.3 Å². The summed E-state index contributed by atoms with van der Waals surface area (Å²) in [6.45, 7) is 6.42. The van der Waals surface area contributed by atoms with E-state index in [1.807, 2.05) is 0 Å². The van der Waals surface area contributed by atoms with Crippen molar-refractivity contribution in [2.75, 3.05) is 17.7 Å². The first-order chi connectivity index (χ1) is 13.9. The monoisotopic (exact) mass is 430 g/mol. The molecule has 0 spiro atoms. The predicted octanol–water partition coefficient (Wildman–Crippen LogP) is 6.43. The number of thiocarbonyl (C=S) groups is 1. The zero-order valence-electron chi connectivity index (χ0n) is 17.7. The van der Waals surface area contributed by atoms with Crippen molar-refractivity contribution in [1.29, 1.82) is 0 Å². The second-order valence-corrected chi connectivity index (χ2v) is 9.40. The van der Waals surface area contributed by atoms with Gasteiger partial charge in [-0.1, -0.05) is 44.9 Å². The number of ether oxygens (including phenoxy) is 1. The highest BCUT2D eigenvalue weighted by atomic mass is 32.1. The van der Waals surface area contributed by atoms with Crippen molar-refractivity contribution in [2.24, 2.45) is 0 Å². The average Bonchev–Trinajstić information content (AvgIpc) is 2.98. The molecule has 1 heterocycles. The van der Waals surface area contributed by atoms with E-state index in [9.17, 15) is 4.79 Å². The van der Waals surface area contributed by atoms with Gasteiger partial charge in [-0.3, -0.25) is 0 Å². The van der Waals surface area contributed by atoms with E-state index in [0.717, 1.165) is 47.5 Å². The summed E-state index contributed by atoms with van der Waals surface area (Å²) < 4.78 is 5.11. The lowest BCUT2D eigenvalue weighted by atomic mass is 9.96. The number of methoxy groups -OCH3 is 1. The molecule has 0 saturated carbocycles. The number of thiophene rings is 1. The molecule has 0 amide bonds. The van der Waals surface area contributed by atoms with Crippen LogP contribution in [0.25, 0.3) is 0 Å². The Morgan fingerprint density at radius 3 is 2.55 bits per heavy atom. The first-order valence-corrected chi connectivity index (χ1v) is 11.5.